The van der Waals surface area contributed by atoms with Crippen LogP contribution in [0.3, 0.4) is 0 Å². The Morgan fingerprint density at radius 3 is 2.39 bits per heavy atom. The van der Waals surface area contributed by atoms with Gasteiger partial charge in [-0.05, 0) is 41.9 Å². The summed E-state index contributed by atoms with van der Waals surface area (Å²) in [6, 6.07) is 11.4. The van der Waals surface area contributed by atoms with Crippen molar-refractivity contribution in [1.82, 2.24) is 15.2 Å². The standard InChI is InChI=1S/C24H26F3N3O.C2H6/c1-17-14-23(20(16-29-17)19-8-5-11-28-15-19)9-12-30(13-10-23)22(31)21(24(25,26)27)18-6-3-2-4-7-18;1-2/h2-8,11,15,20-21,29H,1,9-10,12-14,16H2;1-2H3. The van der Waals surface area contributed by atoms with E-state index in [0.29, 0.717) is 32.5 Å². The van der Waals surface area contributed by atoms with E-state index in [1.54, 1.807) is 12.3 Å². The molecule has 1 aromatic carbocycles. The Bertz CT molecular complexity index is 923. The third-order valence-corrected chi connectivity index (χ3v) is 6.73. The van der Waals surface area contributed by atoms with Gasteiger partial charge in [0.15, 0.2) is 5.92 Å². The van der Waals surface area contributed by atoms with Crippen molar-refractivity contribution in [2.45, 2.75) is 51.1 Å². The number of carbonyl (C=O) groups is 1. The van der Waals surface area contributed by atoms with Crippen molar-refractivity contribution >= 4 is 5.91 Å². The lowest BCUT2D eigenvalue weighted by Crippen LogP contribution is -2.52. The Kier molecular flexibility index (Phi) is 7.82. The first-order valence-electron chi connectivity index (χ1n) is 11.5. The normalized spacial score (nSPS) is 20.9. The zero-order valence-electron chi connectivity index (χ0n) is 19.2. The summed E-state index contributed by atoms with van der Waals surface area (Å²) in [4.78, 5) is 18.6. The molecule has 1 amide bonds. The van der Waals surface area contributed by atoms with Gasteiger partial charge in [0, 0.05) is 43.6 Å². The van der Waals surface area contributed by atoms with E-state index in [1.165, 1.54) is 29.2 Å². The maximum absolute atomic E-state index is 13.8. The van der Waals surface area contributed by atoms with Crippen LogP contribution < -0.4 is 5.32 Å². The van der Waals surface area contributed by atoms with Crippen molar-refractivity contribution in [2.75, 3.05) is 19.6 Å². The van der Waals surface area contributed by atoms with Gasteiger partial charge in [-0.25, -0.2) is 0 Å². The second kappa shape index (κ2) is 10.4. The number of benzene rings is 1. The second-order valence-electron chi connectivity index (χ2n) is 8.57. The van der Waals surface area contributed by atoms with Crippen LogP contribution in [0.5, 0.6) is 0 Å². The number of piperidine rings is 2. The van der Waals surface area contributed by atoms with Crippen molar-refractivity contribution in [3.05, 3.63) is 78.3 Å². The lowest BCUT2D eigenvalue weighted by Gasteiger charge is -2.50. The maximum Gasteiger partial charge on any atom is 0.404 e. The molecule has 2 unspecified atom stereocenters. The lowest BCUT2D eigenvalue weighted by atomic mass is 9.62. The predicted octanol–water partition coefficient (Wildman–Crippen LogP) is 5.65. The Labute approximate surface area is 193 Å². The second-order valence-corrected chi connectivity index (χ2v) is 8.57. The molecule has 0 bridgehead atoms. The number of aromatic nitrogens is 1. The predicted molar refractivity (Wildman–Crippen MR) is 124 cm³/mol. The van der Waals surface area contributed by atoms with Gasteiger partial charge in [0.25, 0.3) is 0 Å². The molecule has 33 heavy (non-hydrogen) atoms. The van der Waals surface area contributed by atoms with Gasteiger partial charge in [0.05, 0.1) is 0 Å². The number of hydrogen-bond acceptors (Lipinski definition) is 3. The smallest absolute Gasteiger partial charge is 0.388 e. The van der Waals surface area contributed by atoms with E-state index >= 15 is 0 Å². The van der Waals surface area contributed by atoms with Crippen LogP contribution in [0.25, 0.3) is 0 Å². The van der Waals surface area contributed by atoms with Crippen LogP contribution in [0.15, 0.2) is 67.1 Å². The molecule has 1 aromatic heterocycles. The first kappa shape index (κ1) is 24.8. The Hall–Kier alpha value is -2.83. The van der Waals surface area contributed by atoms with Crippen molar-refractivity contribution in [3.8, 4) is 0 Å². The topological polar surface area (TPSA) is 45.2 Å². The minimum atomic E-state index is -4.63. The summed E-state index contributed by atoms with van der Waals surface area (Å²) in [7, 11) is 0. The van der Waals surface area contributed by atoms with Crippen molar-refractivity contribution < 1.29 is 18.0 Å². The quantitative estimate of drug-likeness (QED) is 0.645. The maximum atomic E-state index is 13.8. The fourth-order valence-corrected chi connectivity index (χ4v) is 5.12. The fourth-order valence-electron chi connectivity index (χ4n) is 5.12. The van der Waals surface area contributed by atoms with Gasteiger partial charge in [-0.1, -0.05) is 56.8 Å². The van der Waals surface area contributed by atoms with Gasteiger partial charge >= 0.3 is 6.18 Å². The monoisotopic (exact) mass is 459 g/mol. The fraction of sp³-hybridized carbons (Fsp3) is 0.462. The molecule has 2 aliphatic rings. The molecule has 2 atom stereocenters. The molecule has 4 nitrogen and oxygen atoms in total. The average Bonchev–Trinajstić information content (AvgIpc) is 2.81. The minimum absolute atomic E-state index is 0.0104. The molecule has 2 aromatic rings. The minimum Gasteiger partial charge on any atom is -0.388 e. The molecule has 0 aliphatic carbocycles. The number of alkyl halides is 3. The van der Waals surface area contributed by atoms with Gasteiger partial charge in [0.2, 0.25) is 5.91 Å². The highest BCUT2D eigenvalue weighted by Gasteiger charge is 2.50. The van der Waals surface area contributed by atoms with E-state index in [2.05, 4.69) is 16.9 Å². The summed E-state index contributed by atoms with van der Waals surface area (Å²) in [5, 5.41) is 3.34. The number of nitrogens with zero attached hydrogens (tertiary/aromatic N) is 2. The van der Waals surface area contributed by atoms with E-state index in [-0.39, 0.29) is 16.9 Å². The summed E-state index contributed by atoms with van der Waals surface area (Å²) in [6.07, 6.45) is 0.976. The molecule has 2 aliphatic heterocycles. The molecule has 1 N–H and O–H groups in total. The molecule has 1 spiro atoms. The van der Waals surface area contributed by atoms with Crippen LogP contribution >= 0.6 is 0 Å². The number of allylic oxidation sites excluding steroid dienone is 1. The summed E-state index contributed by atoms with van der Waals surface area (Å²) in [5.41, 5.74) is 1.91. The van der Waals surface area contributed by atoms with Gasteiger partial charge in [0.1, 0.15) is 0 Å². The van der Waals surface area contributed by atoms with Gasteiger partial charge < -0.3 is 10.2 Å². The number of amides is 1. The van der Waals surface area contributed by atoms with Crippen LogP contribution in [0.1, 0.15) is 56.1 Å². The molecule has 0 radical (unpaired) electrons. The summed E-state index contributed by atoms with van der Waals surface area (Å²) < 4.78 is 41.5. The molecule has 3 heterocycles. The molecule has 4 rings (SSSR count). The highest BCUT2D eigenvalue weighted by atomic mass is 19.4. The van der Waals surface area contributed by atoms with E-state index in [0.717, 1.165) is 17.7 Å². The number of hydrogen-bond donors (Lipinski definition) is 1. The SMILES string of the molecule is C=C1CC2(CCN(C(=O)C(c3ccccc3)C(F)(F)F)CC2)C(c2cccnc2)CN1.CC. The van der Waals surface area contributed by atoms with Gasteiger partial charge in [-0.2, -0.15) is 13.2 Å². The van der Waals surface area contributed by atoms with Crippen LogP contribution in [0.2, 0.25) is 0 Å². The molecule has 0 saturated carbocycles. The molecule has 7 heteroatoms. The first-order chi connectivity index (χ1) is 15.8. The lowest BCUT2D eigenvalue weighted by molar-refractivity contribution is -0.173. The Balaban J connectivity index is 0.00000149. The highest BCUT2D eigenvalue weighted by Crippen LogP contribution is 2.50. The number of pyridine rings is 1. The zero-order chi connectivity index (χ0) is 24.1. The first-order valence-corrected chi connectivity index (χ1v) is 11.5. The third kappa shape index (κ3) is 5.40. The van der Waals surface area contributed by atoms with E-state index in [1.807, 2.05) is 32.2 Å². The van der Waals surface area contributed by atoms with Gasteiger partial charge in [-0.15, -0.1) is 0 Å². The zero-order valence-corrected chi connectivity index (χ0v) is 19.2. The molecular weight excluding hydrogens is 427 g/mol. The summed E-state index contributed by atoms with van der Waals surface area (Å²) in [5.74, 6) is -2.81. The molecule has 2 fully saturated rings. The van der Waals surface area contributed by atoms with Crippen molar-refractivity contribution in [1.29, 1.82) is 0 Å². The highest BCUT2D eigenvalue weighted by molar-refractivity contribution is 5.84. The summed E-state index contributed by atoms with van der Waals surface area (Å²) in [6.45, 7) is 9.42. The van der Waals surface area contributed by atoms with Crippen LogP contribution in [-0.2, 0) is 4.79 Å². The number of carbonyl (C=O) groups excluding carboxylic acids is 1. The van der Waals surface area contributed by atoms with E-state index < -0.39 is 18.0 Å². The van der Waals surface area contributed by atoms with Crippen molar-refractivity contribution in [3.63, 3.8) is 0 Å². The van der Waals surface area contributed by atoms with Crippen LogP contribution in [0, 0.1) is 5.41 Å². The van der Waals surface area contributed by atoms with Crippen LogP contribution in [-0.4, -0.2) is 41.6 Å². The average molecular weight is 460 g/mol. The van der Waals surface area contributed by atoms with Gasteiger partial charge in [-0.3, -0.25) is 9.78 Å². The molecule has 178 valence electrons. The number of halogens is 3. The number of nitrogens with one attached hydrogen (secondary N) is 1. The largest absolute Gasteiger partial charge is 0.404 e. The van der Waals surface area contributed by atoms with E-state index in [9.17, 15) is 18.0 Å². The van der Waals surface area contributed by atoms with Crippen molar-refractivity contribution in [2.24, 2.45) is 5.41 Å². The summed E-state index contributed by atoms with van der Waals surface area (Å²) >= 11 is 0. The molecular formula is C26H32F3N3O. The number of likely N-dealkylation sites (tertiary alicyclic amines) is 1. The molecule has 2 saturated heterocycles. The van der Waals surface area contributed by atoms with E-state index in [4.69, 9.17) is 0 Å². The number of rotatable bonds is 3. The third-order valence-electron chi connectivity index (χ3n) is 6.73. The Morgan fingerprint density at radius 1 is 1.15 bits per heavy atom. The Morgan fingerprint density at radius 2 is 1.82 bits per heavy atom. The van der Waals surface area contributed by atoms with Crippen LogP contribution in [0.4, 0.5) is 13.2 Å².